The van der Waals surface area contributed by atoms with Gasteiger partial charge in [0.1, 0.15) is 0 Å². The highest BCUT2D eigenvalue weighted by atomic mass is 16.8. The fraction of sp³-hybridized carbons (Fsp3) is 0.167. The van der Waals surface area contributed by atoms with E-state index in [1.165, 1.54) is 6.08 Å². The van der Waals surface area contributed by atoms with E-state index >= 15 is 0 Å². The maximum absolute atomic E-state index is 10.4. The number of nitro groups is 2. The molecular weight excluding hydrogens is 206 g/mol. The van der Waals surface area contributed by atoms with Gasteiger partial charge in [-0.1, -0.05) is 12.2 Å². The Bertz CT molecular complexity index is 405. The second-order valence-corrected chi connectivity index (χ2v) is 2.50. The average molecular weight is 211 g/mol. The van der Waals surface area contributed by atoms with Crippen molar-refractivity contribution in [1.29, 1.82) is 0 Å². The average Bonchev–Trinajstić information content (AvgIpc) is 2.17. The van der Waals surface area contributed by atoms with E-state index in [9.17, 15) is 20.2 Å². The van der Waals surface area contributed by atoms with Crippen molar-refractivity contribution in [3.8, 4) is 0 Å². The highest BCUT2D eigenvalue weighted by Gasteiger charge is 2.40. The molecule has 9 nitrogen and oxygen atoms in total. The fourth-order valence-electron chi connectivity index (χ4n) is 1.05. The first-order chi connectivity index (χ1) is 7.07. The molecule has 0 amide bonds. The van der Waals surface area contributed by atoms with Crippen LogP contribution in [-0.4, -0.2) is 25.7 Å². The number of hydrogen-bond acceptors (Lipinski definition) is 4. The zero-order valence-electron chi connectivity index (χ0n) is 7.31. The Kier molecular flexibility index (Phi) is 2.89. The maximum atomic E-state index is 10.4. The molecule has 0 bridgehead atoms. The summed E-state index contributed by atoms with van der Waals surface area (Å²) in [7, 11) is 0. The third-order valence-corrected chi connectivity index (χ3v) is 1.64. The van der Waals surface area contributed by atoms with Crippen LogP contribution in [0, 0.1) is 20.2 Å². The highest BCUT2D eigenvalue weighted by molar-refractivity contribution is 5.97. The summed E-state index contributed by atoms with van der Waals surface area (Å²) in [6.45, 7) is 0. The van der Waals surface area contributed by atoms with Crippen molar-refractivity contribution in [1.82, 2.24) is 5.12 Å². The van der Waals surface area contributed by atoms with E-state index < -0.39 is 10.1 Å². The van der Waals surface area contributed by atoms with Crippen molar-refractivity contribution < 1.29 is 14.9 Å². The number of hydrazine groups is 2. The summed E-state index contributed by atoms with van der Waals surface area (Å²) in [4.78, 5) is 23.5. The third-order valence-electron chi connectivity index (χ3n) is 1.64. The summed E-state index contributed by atoms with van der Waals surface area (Å²) in [5.74, 6) is 0. The first-order valence-electron chi connectivity index (χ1n) is 3.74. The number of rotatable bonds is 3. The van der Waals surface area contributed by atoms with E-state index in [4.69, 9.17) is 5.53 Å². The van der Waals surface area contributed by atoms with Gasteiger partial charge in [-0.2, -0.15) is 4.79 Å². The monoisotopic (exact) mass is 211 g/mol. The van der Waals surface area contributed by atoms with Gasteiger partial charge in [0.05, 0.1) is 6.42 Å². The van der Waals surface area contributed by atoms with Crippen LogP contribution in [0.15, 0.2) is 23.9 Å². The molecule has 0 heterocycles. The molecular formula is C6H5N5O4. The lowest BCUT2D eigenvalue weighted by Gasteiger charge is -2.04. The summed E-state index contributed by atoms with van der Waals surface area (Å²) in [5.41, 5.74) is 8.02. The van der Waals surface area contributed by atoms with Gasteiger partial charge in [0.25, 0.3) is 5.70 Å². The summed E-state index contributed by atoms with van der Waals surface area (Å²) < 4.78 is 0. The van der Waals surface area contributed by atoms with Crippen LogP contribution in [0.25, 0.3) is 5.53 Å². The van der Waals surface area contributed by atoms with Crippen LogP contribution in [-0.2, 0) is 0 Å². The molecule has 0 unspecified atom stereocenters. The Hall–Kier alpha value is -2.54. The molecule has 0 aromatic heterocycles. The molecule has 0 saturated carbocycles. The molecule has 0 N–H and O–H groups in total. The predicted octanol–water partition coefficient (Wildman–Crippen LogP) is 0.186. The van der Waals surface area contributed by atoms with E-state index in [-0.39, 0.29) is 22.9 Å². The zero-order valence-corrected chi connectivity index (χ0v) is 7.31. The fourth-order valence-corrected chi connectivity index (χ4v) is 1.05. The Balaban J connectivity index is 3.17. The third kappa shape index (κ3) is 2.03. The van der Waals surface area contributed by atoms with E-state index in [1.54, 1.807) is 6.08 Å². The molecule has 78 valence electrons. The summed E-state index contributed by atoms with van der Waals surface area (Å²) in [5, 5.41) is 18.1. The molecule has 0 aliphatic heterocycles. The minimum atomic E-state index is -1.20. The molecule has 0 saturated heterocycles. The molecule has 0 radical (unpaired) electrons. The van der Waals surface area contributed by atoms with Gasteiger partial charge < -0.3 is 5.53 Å². The Labute approximate surface area is 82.8 Å². The van der Waals surface area contributed by atoms with Crippen molar-refractivity contribution >= 4 is 5.71 Å². The van der Waals surface area contributed by atoms with Gasteiger partial charge in [-0.3, -0.25) is 0 Å². The maximum Gasteiger partial charge on any atom is 0.331 e. The van der Waals surface area contributed by atoms with Crippen molar-refractivity contribution in [3.63, 3.8) is 0 Å². The lowest BCUT2D eigenvalue weighted by molar-refractivity contribution is -0.894. The molecule has 0 spiro atoms. The van der Waals surface area contributed by atoms with Gasteiger partial charge in [0.2, 0.25) is 15.2 Å². The van der Waals surface area contributed by atoms with Crippen LogP contribution in [0.1, 0.15) is 6.42 Å². The Morgan fingerprint density at radius 2 is 2.00 bits per heavy atom. The normalized spacial score (nSPS) is 14.1. The van der Waals surface area contributed by atoms with Crippen molar-refractivity contribution in [2.75, 3.05) is 0 Å². The Morgan fingerprint density at radius 1 is 1.40 bits per heavy atom. The summed E-state index contributed by atoms with van der Waals surface area (Å²) in [6, 6.07) is 0. The summed E-state index contributed by atoms with van der Waals surface area (Å²) in [6.07, 6.45) is 4.19. The second kappa shape index (κ2) is 4.11. The van der Waals surface area contributed by atoms with Crippen LogP contribution in [0.4, 0.5) is 0 Å². The first kappa shape index (κ1) is 10.5. The second-order valence-electron chi connectivity index (χ2n) is 2.50. The largest absolute Gasteiger partial charge is 0.361 e. The molecule has 1 aliphatic carbocycles. The van der Waals surface area contributed by atoms with E-state index in [0.717, 1.165) is 6.08 Å². The van der Waals surface area contributed by atoms with E-state index in [1.807, 2.05) is 0 Å². The van der Waals surface area contributed by atoms with Gasteiger partial charge in [-0.25, -0.2) is 20.2 Å². The molecule has 0 aromatic rings. The topological polar surface area (TPSA) is 126 Å². The van der Waals surface area contributed by atoms with Crippen LogP contribution in [0.2, 0.25) is 0 Å². The zero-order chi connectivity index (χ0) is 11.4. The number of allylic oxidation sites excluding steroid dienone is 4. The van der Waals surface area contributed by atoms with E-state index in [2.05, 4.69) is 4.79 Å². The number of nitrogens with zero attached hydrogens (tertiary/aromatic N) is 5. The molecule has 1 rings (SSSR count). The predicted molar refractivity (Wildman–Crippen MR) is 46.3 cm³/mol. The van der Waals surface area contributed by atoms with Gasteiger partial charge in [-0.15, -0.1) is 0 Å². The van der Waals surface area contributed by atoms with Crippen molar-refractivity contribution in [2.24, 2.45) is 0 Å². The van der Waals surface area contributed by atoms with Crippen molar-refractivity contribution in [3.05, 3.63) is 49.7 Å². The highest BCUT2D eigenvalue weighted by Crippen LogP contribution is 2.13. The van der Waals surface area contributed by atoms with Crippen LogP contribution in [0.5, 0.6) is 0 Å². The lowest BCUT2D eigenvalue weighted by atomic mass is 10.1. The van der Waals surface area contributed by atoms with Gasteiger partial charge >= 0.3 is 5.71 Å². The summed E-state index contributed by atoms with van der Waals surface area (Å²) >= 11 is 0. The smallest absolute Gasteiger partial charge is 0.331 e. The van der Waals surface area contributed by atoms with Crippen molar-refractivity contribution in [2.45, 2.75) is 6.42 Å². The first-order valence-corrected chi connectivity index (χ1v) is 3.74. The van der Waals surface area contributed by atoms with E-state index in [0.29, 0.717) is 0 Å². The standard InChI is InChI=1S/C6H5N5O4/c7-8-5-3-1-2-4-6(5)9(10(12)13)11(14)15/h1-2,4H,3H2. The molecule has 1 aliphatic rings. The molecule has 0 fully saturated rings. The van der Waals surface area contributed by atoms with Crippen LogP contribution >= 0.6 is 0 Å². The molecule has 0 aromatic carbocycles. The minimum Gasteiger partial charge on any atom is -0.361 e. The minimum absolute atomic E-state index is 0.0977. The SMILES string of the molecule is [N-]=[N+]=C1CC=CC=C1N([N+](=O)[O-])[N+](=O)[O-]. The molecule has 0 atom stereocenters. The van der Waals surface area contributed by atoms with Gasteiger partial charge in [0.15, 0.2) is 0 Å². The van der Waals surface area contributed by atoms with Crippen LogP contribution < -0.4 is 0 Å². The quantitative estimate of drug-likeness (QED) is 0.285. The Morgan fingerprint density at radius 3 is 2.47 bits per heavy atom. The number of hydrogen-bond donors (Lipinski definition) is 0. The van der Waals surface area contributed by atoms with Gasteiger partial charge in [0, 0.05) is 0 Å². The molecule has 9 heteroatoms. The van der Waals surface area contributed by atoms with Gasteiger partial charge in [-0.05, 0) is 6.08 Å². The van der Waals surface area contributed by atoms with Crippen LogP contribution in [0.3, 0.4) is 0 Å². The lowest BCUT2D eigenvalue weighted by Crippen LogP contribution is -2.38. The molecule has 15 heavy (non-hydrogen) atoms.